The Morgan fingerprint density at radius 3 is 2.61 bits per heavy atom. The molecule has 1 aromatic carbocycles. The first kappa shape index (κ1) is 13.5. The third-order valence-electron chi connectivity index (χ3n) is 3.34. The molecule has 98 valence electrons. The lowest BCUT2D eigenvalue weighted by Gasteiger charge is -2.24. The van der Waals surface area contributed by atoms with Crippen molar-refractivity contribution in [1.29, 1.82) is 0 Å². The Kier molecular flexibility index (Phi) is 4.36. The fourth-order valence-electron chi connectivity index (χ4n) is 2.42. The van der Waals surface area contributed by atoms with Crippen molar-refractivity contribution >= 4 is 11.6 Å². The smallest absolute Gasteiger partial charge is 0.142 e. The van der Waals surface area contributed by atoms with Gasteiger partial charge in [0.1, 0.15) is 11.6 Å². The first-order valence-corrected chi connectivity index (χ1v) is 6.52. The molecule has 1 aliphatic rings. The van der Waals surface area contributed by atoms with Crippen LogP contribution in [0.15, 0.2) is 23.8 Å². The van der Waals surface area contributed by atoms with Crippen molar-refractivity contribution < 1.29 is 8.78 Å². The van der Waals surface area contributed by atoms with Crippen LogP contribution in [0.1, 0.15) is 37.3 Å². The maximum absolute atomic E-state index is 13.9. The number of allylic oxidation sites excluding steroid dienone is 1. The summed E-state index contributed by atoms with van der Waals surface area (Å²) in [4.78, 5) is 0. The summed E-state index contributed by atoms with van der Waals surface area (Å²) in [6.45, 7) is 0. The summed E-state index contributed by atoms with van der Waals surface area (Å²) in [7, 11) is 1.76. The van der Waals surface area contributed by atoms with Crippen molar-refractivity contribution in [3.8, 4) is 0 Å². The Bertz CT molecular complexity index is 471. The van der Waals surface area contributed by atoms with Crippen LogP contribution in [0.4, 0.5) is 8.78 Å². The number of benzene rings is 1. The third-order valence-corrected chi connectivity index (χ3v) is 3.63. The summed E-state index contributed by atoms with van der Waals surface area (Å²) in [5.74, 6) is -1.04. The fraction of sp³-hybridized carbons (Fsp3) is 0.429. The van der Waals surface area contributed by atoms with Crippen molar-refractivity contribution in [2.24, 2.45) is 0 Å². The molecule has 1 nitrogen and oxygen atoms in total. The van der Waals surface area contributed by atoms with Crippen LogP contribution in [0.5, 0.6) is 0 Å². The maximum Gasteiger partial charge on any atom is 0.142 e. The lowest BCUT2D eigenvalue weighted by Crippen LogP contribution is -2.21. The lowest BCUT2D eigenvalue weighted by molar-refractivity contribution is 0.535. The van der Waals surface area contributed by atoms with Crippen molar-refractivity contribution in [3.05, 3.63) is 46.0 Å². The molecule has 1 aliphatic carbocycles. The summed E-state index contributed by atoms with van der Waals surface area (Å²) in [6, 6.07) is 1.96. The molecule has 0 spiro atoms. The van der Waals surface area contributed by atoms with Crippen molar-refractivity contribution in [1.82, 2.24) is 5.32 Å². The van der Waals surface area contributed by atoms with Gasteiger partial charge >= 0.3 is 0 Å². The summed E-state index contributed by atoms with van der Waals surface area (Å²) < 4.78 is 27.4. The molecule has 1 unspecified atom stereocenters. The molecule has 1 atom stereocenters. The van der Waals surface area contributed by atoms with Crippen LogP contribution in [0.3, 0.4) is 0 Å². The summed E-state index contributed by atoms with van der Waals surface area (Å²) in [5, 5.41) is 2.88. The SMILES string of the molecule is CNC(C1=CCCCC1)c1cc(F)c(Cl)cc1F. The maximum atomic E-state index is 13.9. The van der Waals surface area contributed by atoms with Gasteiger partial charge in [-0.25, -0.2) is 8.78 Å². The van der Waals surface area contributed by atoms with Crippen LogP contribution in [-0.2, 0) is 0 Å². The topological polar surface area (TPSA) is 12.0 Å². The van der Waals surface area contributed by atoms with E-state index in [1.165, 1.54) is 6.07 Å². The fourth-order valence-corrected chi connectivity index (χ4v) is 2.58. The summed E-state index contributed by atoms with van der Waals surface area (Å²) in [5.41, 5.74) is 1.46. The number of rotatable bonds is 3. The van der Waals surface area contributed by atoms with Gasteiger partial charge in [0.25, 0.3) is 0 Å². The zero-order chi connectivity index (χ0) is 13.1. The van der Waals surface area contributed by atoms with E-state index in [1.54, 1.807) is 7.05 Å². The molecule has 0 saturated heterocycles. The van der Waals surface area contributed by atoms with Gasteiger partial charge in [0.05, 0.1) is 11.1 Å². The average Bonchev–Trinajstić information content (AvgIpc) is 2.38. The van der Waals surface area contributed by atoms with Crippen molar-refractivity contribution in [2.75, 3.05) is 7.05 Å². The van der Waals surface area contributed by atoms with Crippen LogP contribution in [-0.4, -0.2) is 7.05 Å². The number of nitrogens with one attached hydrogen (secondary N) is 1. The second kappa shape index (κ2) is 5.81. The lowest BCUT2D eigenvalue weighted by atomic mass is 9.89. The zero-order valence-electron chi connectivity index (χ0n) is 10.3. The standard InChI is InChI=1S/C14H16ClF2N/c1-18-14(9-5-3-2-4-6-9)10-7-13(17)11(15)8-12(10)16/h5,7-8,14,18H,2-4,6H2,1H3. The predicted octanol–water partition coefficient (Wildman–Crippen LogP) is 4.38. The molecule has 0 saturated carbocycles. The molecule has 0 radical (unpaired) electrons. The van der Waals surface area contributed by atoms with Gasteiger partial charge in [-0.1, -0.05) is 23.3 Å². The molecule has 0 heterocycles. The Morgan fingerprint density at radius 1 is 1.22 bits per heavy atom. The minimum absolute atomic E-state index is 0.177. The van der Waals surface area contributed by atoms with Gasteiger partial charge in [0, 0.05) is 5.56 Å². The largest absolute Gasteiger partial charge is 0.310 e. The monoisotopic (exact) mass is 271 g/mol. The first-order chi connectivity index (χ1) is 8.63. The number of likely N-dealkylation sites (N-methyl/N-ethyl adjacent to an activating group) is 1. The molecule has 4 heteroatoms. The van der Waals surface area contributed by atoms with E-state index >= 15 is 0 Å². The average molecular weight is 272 g/mol. The molecule has 0 aromatic heterocycles. The number of hydrogen-bond acceptors (Lipinski definition) is 1. The van der Waals surface area contributed by atoms with E-state index in [4.69, 9.17) is 11.6 Å². The highest BCUT2D eigenvalue weighted by Crippen LogP contribution is 2.32. The first-order valence-electron chi connectivity index (χ1n) is 6.14. The Balaban J connectivity index is 2.38. The molecule has 2 rings (SSSR count). The Morgan fingerprint density at radius 2 is 2.00 bits per heavy atom. The van der Waals surface area contributed by atoms with Gasteiger partial charge in [-0.2, -0.15) is 0 Å². The quantitative estimate of drug-likeness (QED) is 0.635. The molecule has 0 aliphatic heterocycles. The van der Waals surface area contributed by atoms with Crippen molar-refractivity contribution in [2.45, 2.75) is 31.7 Å². The van der Waals surface area contributed by atoms with E-state index in [2.05, 4.69) is 11.4 Å². The second-order valence-corrected chi connectivity index (χ2v) is 4.94. The van der Waals surface area contributed by atoms with E-state index in [0.717, 1.165) is 37.3 Å². The molecule has 0 bridgehead atoms. The van der Waals surface area contributed by atoms with Crippen LogP contribution in [0.2, 0.25) is 5.02 Å². The van der Waals surface area contributed by atoms with Crippen LogP contribution >= 0.6 is 11.6 Å². The minimum atomic E-state index is -0.579. The highest BCUT2D eigenvalue weighted by molar-refractivity contribution is 6.30. The molecule has 0 fully saturated rings. The highest BCUT2D eigenvalue weighted by atomic mass is 35.5. The summed E-state index contributed by atoms with van der Waals surface area (Å²) >= 11 is 5.57. The van der Waals surface area contributed by atoms with E-state index in [0.29, 0.717) is 5.56 Å². The van der Waals surface area contributed by atoms with Crippen molar-refractivity contribution in [3.63, 3.8) is 0 Å². The minimum Gasteiger partial charge on any atom is -0.310 e. The number of hydrogen-bond donors (Lipinski definition) is 1. The molecule has 0 amide bonds. The Labute approximate surface area is 111 Å². The highest BCUT2D eigenvalue weighted by Gasteiger charge is 2.21. The van der Waals surface area contributed by atoms with Gasteiger partial charge in [-0.3, -0.25) is 0 Å². The number of halogens is 3. The van der Waals surface area contributed by atoms with E-state index in [9.17, 15) is 8.78 Å². The van der Waals surface area contributed by atoms with Gasteiger partial charge < -0.3 is 5.32 Å². The van der Waals surface area contributed by atoms with Gasteiger partial charge in [-0.15, -0.1) is 0 Å². The normalized spacial score (nSPS) is 17.4. The van der Waals surface area contributed by atoms with Crippen LogP contribution < -0.4 is 5.32 Å². The summed E-state index contributed by atoms with van der Waals surface area (Å²) in [6.07, 6.45) is 6.32. The molecule has 1 N–H and O–H groups in total. The molecule has 1 aromatic rings. The van der Waals surface area contributed by atoms with E-state index in [1.807, 2.05) is 0 Å². The predicted molar refractivity (Wildman–Crippen MR) is 69.7 cm³/mol. The molecular weight excluding hydrogens is 256 g/mol. The molecule has 18 heavy (non-hydrogen) atoms. The van der Waals surface area contributed by atoms with Crippen LogP contribution in [0.25, 0.3) is 0 Å². The third kappa shape index (κ3) is 2.73. The van der Waals surface area contributed by atoms with Gasteiger partial charge in [-0.05, 0) is 44.9 Å². The van der Waals surface area contributed by atoms with Gasteiger partial charge in [0.2, 0.25) is 0 Å². The molecular formula is C14H16ClF2N. The second-order valence-electron chi connectivity index (χ2n) is 4.53. The van der Waals surface area contributed by atoms with Gasteiger partial charge in [0.15, 0.2) is 0 Å². The van der Waals surface area contributed by atoms with E-state index < -0.39 is 11.6 Å². The van der Waals surface area contributed by atoms with Crippen LogP contribution in [0, 0.1) is 11.6 Å². The zero-order valence-corrected chi connectivity index (χ0v) is 11.0. The van der Waals surface area contributed by atoms with E-state index in [-0.39, 0.29) is 11.1 Å². The Hall–Kier alpha value is -0.930.